The first-order chi connectivity index (χ1) is 10.6. The lowest BCUT2D eigenvalue weighted by molar-refractivity contribution is -0.119. The molecule has 0 unspecified atom stereocenters. The van der Waals surface area contributed by atoms with Crippen LogP contribution in [0, 0.1) is 12.8 Å². The molecule has 1 N–H and O–H groups in total. The van der Waals surface area contributed by atoms with E-state index in [1.54, 1.807) is 0 Å². The van der Waals surface area contributed by atoms with E-state index in [-0.39, 0.29) is 23.7 Å². The Labute approximate surface area is 130 Å². The molecule has 0 saturated carbocycles. The quantitative estimate of drug-likeness (QED) is 0.843. The number of hydrogen-bond donors (Lipinski definition) is 1. The third-order valence-electron chi connectivity index (χ3n) is 4.90. The number of Topliss-reactive ketones (excluding diaryl/α,β-unsaturated/α-hetero) is 1. The Kier molecular flexibility index (Phi) is 2.93. The molecule has 4 rings (SSSR count). The maximum Gasteiger partial charge on any atom is 0.164 e. The second-order valence-corrected chi connectivity index (χ2v) is 6.39. The third kappa shape index (κ3) is 1.91. The van der Waals surface area contributed by atoms with E-state index in [1.807, 2.05) is 25.1 Å². The van der Waals surface area contributed by atoms with Crippen molar-refractivity contribution in [3.05, 3.63) is 76.9 Å². The van der Waals surface area contributed by atoms with Gasteiger partial charge in [0.05, 0.1) is 12.0 Å². The Morgan fingerprint density at radius 2 is 1.77 bits per heavy atom. The van der Waals surface area contributed by atoms with Crippen molar-refractivity contribution in [1.82, 2.24) is 0 Å². The Morgan fingerprint density at radius 1 is 1.00 bits per heavy atom. The molecule has 22 heavy (non-hydrogen) atoms. The molecule has 1 aliphatic heterocycles. The molecule has 2 aromatic carbocycles. The number of anilines is 1. The molecule has 2 heteroatoms. The lowest BCUT2D eigenvalue weighted by Crippen LogP contribution is -2.33. The van der Waals surface area contributed by atoms with Gasteiger partial charge < -0.3 is 5.32 Å². The number of benzene rings is 2. The molecular formula is C20H19NO. The topological polar surface area (TPSA) is 29.1 Å². The van der Waals surface area contributed by atoms with E-state index in [2.05, 4.69) is 48.6 Å². The molecular weight excluding hydrogens is 270 g/mol. The Morgan fingerprint density at radius 3 is 2.55 bits per heavy atom. The minimum absolute atomic E-state index is 0.0308. The maximum atomic E-state index is 12.7. The van der Waals surface area contributed by atoms with Crippen molar-refractivity contribution in [2.24, 2.45) is 5.92 Å². The maximum absolute atomic E-state index is 12.7. The van der Waals surface area contributed by atoms with E-state index in [9.17, 15) is 4.79 Å². The summed E-state index contributed by atoms with van der Waals surface area (Å²) < 4.78 is 0. The van der Waals surface area contributed by atoms with Gasteiger partial charge in [0.1, 0.15) is 0 Å². The number of aryl methyl sites for hydroxylation is 1. The molecule has 110 valence electrons. The zero-order chi connectivity index (χ0) is 15.3. The van der Waals surface area contributed by atoms with Gasteiger partial charge in [0.2, 0.25) is 0 Å². The first-order valence-corrected chi connectivity index (χ1v) is 7.80. The Balaban J connectivity index is 1.87. The van der Waals surface area contributed by atoms with Gasteiger partial charge in [-0.05, 0) is 36.6 Å². The van der Waals surface area contributed by atoms with Crippen molar-refractivity contribution in [2.75, 3.05) is 5.32 Å². The number of fused-ring (bicyclic) bond motifs is 3. The molecule has 1 aliphatic carbocycles. The van der Waals surface area contributed by atoms with E-state index in [4.69, 9.17) is 0 Å². The third-order valence-corrected chi connectivity index (χ3v) is 4.90. The van der Waals surface area contributed by atoms with E-state index in [1.165, 1.54) is 16.7 Å². The van der Waals surface area contributed by atoms with Crippen LogP contribution in [-0.2, 0) is 4.79 Å². The van der Waals surface area contributed by atoms with Gasteiger partial charge in [-0.15, -0.1) is 0 Å². The van der Waals surface area contributed by atoms with Crippen LogP contribution in [0.3, 0.4) is 0 Å². The van der Waals surface area contributed by atoms with Gasteiger partial charge in [0.15, 0.2) is 5.78 Å². The van der Waals surface area contributed by atoms with E-state index < -0.39 is 0 Å². The van der Waals surface area contributed by atoms with Gasteiger partial charge in [-0.25, -0.2) is 0 Å². The predicted molar refractivity (Wildman–Crippen MR) is 89.0 cm³/mol. The summed E-state index contributed by atoms with van der Waals surface area (Å²) >= 11 is 0. The van der Waals surface area contributed by atoms with Crippen LogP contribution < -0.4 is 5.32 Å². The fraction of sp³-hybridized carbons (Fsp3) is 0.250. The minimum Gasteiger partial charge on any atom is -0.377 e. The first kappa shape index (κ1) is 13.3. The van der Waals surface area contributed by atoms with Gasteiger partial charge in [-0.2, -0.15) is 0 Å². The normalized spacial score (nSPS) is 26.0. The van der Waals surface area contributed by atoms with Crippen LogP contribution in [0.2, 0.25) is 0 Å². The van der Waals surface area contributed by atoms with Crippen LogP contribution in [-0.4, -0.2) is 5.78 Å². The number of allylic oxidation sites excluding steroid dienone is 2. The summed E-state index contributed by atoms with van der Waals surface area (Å²) in [7, 11) is 0. The van der Waals surface area contributed by atoms with Gasteiger partial charge in [0.25, 0.3) is 0 Å². The van der Waals surface area contributed by atoms with Gasteiger partial charge >= 0.3 is 0 Å². The summed E-state index contributed by atoms with van der Waals surface area (Å²) in [6.07, 6.45) is 2.15. The zero-order valence-corrected chi connectivity index (χ0v) is 12.8. The largest absolute Gasteiger partial charge is 0.377 e. The molecule has 2 nitrogen and oxygen atoms in total. The van der Waals surface area contributed by atoms with E-state index in [0.717, 1.165) is 11.3 Å². The number of carbonyl (C=O) groups is 1. The first-order valence-electron chi connectivity index (χ1n) is 7.80. The Bertz CT molecular complexity index is 776. The standard InChI is InChI=1S/C20H19NO/c1-12-8-9-17-15(10-12)16-11-13(2)20(22)18(16)19(21-17)14-6-4-3-5-7-14/h3-11,16,18-19,21H,1-2H3/t16-,18-,19+/m0/s1. The van der Waals surface area contributed by atoms with Crippen LogP contribution >= 0.6 is 0 Å². The molecule has 2 aliphatic rings. The summed E-state index contributed by atoms with van der Waals surface area (Å²) in [5.74, 6) is 0.434. The summed E-state index contributed by atoms with van der Waals surface area (Å²) in [4.78, 5) is 12.7. The van der Waals surface area contributed by atoms with Gasteiger partial charge in [-0.1, -0.05) is 54.1 Å². The number of hydrogen-bond acceptors (Lipinski definition) is 2. The van der Waals surface area contributed by atoms with E-state index >= 15 is 0 Å². The lowest BCUT2D eigenvalue weighted by Gasteiger charge is -2.36. The number of rotatable bonds is 1. The summed E-state index contributed by atoms with van der Waals surface area (Å²) in [5.41, 5.74) is 5.72. The molecule has 0 saturated heterocycles. The zero-order valence-electron chi connectivity index (χ0n) is 12.8. The molecule has 2 aromatic rings. The van der Waals surface area contributed by atoms with Gasteiger partial charge in [0, 0.05) is 11.6 Å². The van der Waals surface area contributed by atoms with Crippen LogP contribution in [0.4, 0.5) is 5.69 Å². The Hall–Kier alpha value is -2.35. The van der Waals surface area contributed by atoms with Crippen LogP contribution in [0.5, 0.6) is 0 Å². The minimum atomic E-state index is -0.0308. The number of nitrogens with one attached hydrogen (secondary N) is 1. The van der Waals surface area contributed by atoms with Crippen molar-refractivity contribution < 1.29 is 4.79 Å². The molecule has 0 amide bonds. The van der Waals surface area contributed by atoms with Crippen molar-refractivity contribution in [2.45, 2.75) is 25.8 Å². The van der Waals surface area contributed by atoms with Gasteiger partial charge in [-0.3, -0.25) is 4.79 Å². The average Bonchev–Trinajstić information content (AvgIpc) is 2.84. The van der Waals surface area contributed by atoms with E-state index in [0.29, 0.717) is 0 Å². The van der Waals surface area contributed by atoms with Crippen LogP contribution in [0.15, 0.2) is 60.2 Å². The molecule has 0 bridgehead atoms. The summed E-state index contributed by atoms with van der Waals surface area (Å²) in [5, 5.41) is 3.61. The number of ketones is 1. The van der Waals surface area contributed by atoms with Crippen LogP contribution in [0.1, 0.15) is 35.6 Å². The molecule has 0 fully saturated rings. The predicted octanol–water partition coefficient (Wildman–Crippen LogP) is 4.39. The van der Waals surface area contributed by atoms with Crippen molar-refractivity contribution in [1.29, 1.82) is 0 Å². The highest BCUT2D eigenvalue weighted by molar-refractivity contribution is 6.02. The monoisotopic (exact) mass is 289 g/mol. The fourth-order valence-electron chi connectivity index (χ4n) is 3.82. The van der Waals surface area contributed by atoms with Crippen molar-refractivity contribution in [3.8, 4) is 0 Å². The second-order valence-electron chi connectivity index (χ2n) is 6.39. The fourth-order valence-corrected chi connectivity index (χ4v) is 3.82. The smallest absolute Gasteiger partial charge is 0.164 e. The molecule has 1 heterocycles. The SMILES string of the molecule is CC1=C[C@H]2c3cc(C)ccc3N[C@H](c3ccccc3)[C@H]2C1=O. The lowest BCUT2D eigenvalue weighted by atomic mass is 9.76. The highest BCUT2D eigenvalue weighted by Gasteiger charge is 2.44. The van der Waals surface area contributed by atoms with Crippen molar-refractivity contribution in [3.63, 3.8) is 0 Å². The van der Waals surface area contributed by atoms with Crippen molar-refractivity contribution >= 4 is 11.5 Å². The molecule has 0 aromatic heterocycles. The summed E-state index contributed by atoms with van der Waals surface area (Å²) in [6.45, 7) is 4.05. The van der Waals surface area contributed by atoms with Crippen LogP contribution in [0.25, 0.3) is 0 Å². The highest BCUT2D eigenvalue weighted by atomic mass is 16.1. The molecule has 0 radical (unpaired) electrons. The number of carbonyl (C=O) groups excluding carboxylic acids is 1. The molecule has 3 atom stereocenters. The average molecular weight is 289 g/mol. The summed E-state index contributed by atoms with van der Waals surface area (Å²) in [6, 6.07) is 16.8. The highest BCUT2D eigenvalue weighted by Crippen LogP contribution is 2.50. The molecule has 0 spiro atoms. The second kappa shape index (κ2) is 4.84.